The quantitative estimate of drug-likeness (QED) is 0.403. The highest BCUT2D eigenvalue weighted by atomic mass is 32.2. The highest BCUT2D eigenvalue weighted by Gasteiger charge is 2.21. The number of hydrogen-bond donors (Lipinski definition) is 2. The van der Waals surface area contributed by atoms with Gasteiger partial charge in [-0.3, -0.25) is 20.4 Å². The van der Waals surface area contributed by atoms with E-state index in [1.807, 2.05) is 0 Å². The number of ether oxygens (including phenoxy) is 1. The zero-order valence-corrected chi connectivity index (χ0v) is 18.8. The smallest absolute Gasteiger partial charge is 0.271 e. The average Bonchev–Trinajstić information content (AvgIpc) is 2.77. The summed E-state index contributed by atoms with van der Waals surface area (Å²) in [6.07, 6.45) is 4.90. The number of hydrazine groups is 1. The lowest BCUT2D eigenvalue weighted by Gasteiger charge is -2.12. The van der Waals surface area contributed by atoms with Crippen molar-refractivity contribution in [1.29, 1.82) is 0 Å². The van der Waals surface area contributed by atoms with Gasteiger partial charge in [0.1, 0.15) is 5.75 Å². The van der Waals surface area contributed by atoms with Crippen LogP contribution in [0.15, 0.2) is 53.4 Å². The van der Waals surface area contributed by atoms with E-state index < -0.39 is 21.7 Å². The zero-order valence-electron chi connectivity index (χ0n) is 18.0. The maximum atomic E-state index is 12.5. The van der Waals surface area contributed by atoms with Crippen molar-refractivity contribution in [1.82, 2.24) is 10.9 Å². The van der Waals surface area contributed by atoms with Gasteiger partial charge in [-0.1, -0.05) is 45.2 Å². The molecule has 0 fully saturated rings. The van der Waals surface area contributed by atoms with E-state index >= 15 is 0 Å². The van der Waals surface area contributed by atoms with E-state index in [0.717, 1.165) is 12.8 Å². The first-order valence-corrected chi connectivity index (χ1v) is 12.2. The Bertz CT molecular complexity index is 972. The van der Waals surface area contributed by atoms with Crippen LogP contribution in [0, 0.1) is 0 Å². The first kappa shape index (κ1) is 24.4. The summed E-state index contributed by atoms with van der Waals surface area (Å²) in [5, 5.41) is 0. The Morgan fingerprint density at radius 3 is 2.19 bits per heavy atom. The van der Waals surface area contributed by atoms with E-state index in [1.54, 1.807) is 43.3 Å². The molecule has 0 bridgehead atoms. The number of amides is 2. The third kappa shape index (κ3) is 7.40. The van der Waals surface area contributed by atoms with Gasteiger partial charge in [0, 0.05) is 5.56 Å². The van der Waals surface area contributed by atoms with Gasteiger partial charge in [-0.15, -0.1) is 0 Å². The van der Waals surface area contributed by atoms with Crippen LogP contribution in [0.2, 0.25) is 0 Å². The predicted molar refractivity (Wildman–Crippen MR) is 120 cm³/mol. The number of carbonyl (C=O) groups excluding carboxylic acids is 2. The molecule has 0 aliphatic carbocycles. The largest absolute Gasteiger partial charge is 0.494 e. The molecule has 168 valence electrons. The van der Waals surface area contributed by atoms with Crippen LogP contribution in [0.1, 0.15) is 66.7 Å². The minimum absolute atomic E-state index is 0.0110. The van der Waals surface area contributed by atoms with Crippen LogP contribution in [0.4, 0.5) is 0 Å². The Labute approximate surface area is 184 Å². The van der Waals surface area contributed by atoms with Gasteiger partial charge in [-0.05, 0) is 49.2 Å². The summed E-state index contributed by atoms with van der Waals surface area (Å²) in [6.45, 7) is 4.53. The van der Waals surface area contributed by atoms with Crippen LogP contribution in [0.3, 0.4) is 0 Å². The lowest BCUT2D eigenvalue weighted by molar-refractivity contribution is 0.0845. The van der Waals surface area contributed by atoms with Gasteiger partial charge in [0.15, 0.2) is 9.84 Å². The first-order chi connectivity index (χ1) is 14.9. The first-order valence-electron chi connectivity index (χ1n) is 10.5. The molecule has 0 aliphatic heterocycles. The van der Waals surface area contributed by atoms with E-state index in [0.29, 0.717) is 24.3 Å². The van der Waals surface area contributed by atoms with Crippen molar-refractivity contribution in [3.8, 4) is 5.75 Å². The van der Waals surface area contributed by atoms with Crippen LogP contribution < -0.4 is 15.6 Å². The van der Waals surface area contributed by atoms with Gasteiger partial charge in [0.05, 0.1) is 22.8 Å². The summed E-state index contributed by atoms with van der Waals surface area (Å²) in [5.41, 5.74) is 4.93. The molecular formula is C23H30N2O5S. The molecule has 8 heteroatoms. The van der Waals surface area contributed by atoms with Crippen LogP contribution in [0.5, 0.6) is 5.75 Å². The molecule has 7 nitrogen and oxygen atoms in total. The predicted octanol–water partition coefficient (Wildman–Crippen LogP) is 3.90. The van der Waals surface area contributed by atoms with E-state index in [-0.39, 0.29) is 16.2 Å². The molecule has 2 amide bonds. The standard InChI is InChI=1S/C23H30N2O5S/c1-3-5-6-9-16-30-19-14-12-18(13-15-19)22(26)24-25-23(27)20-10-7-8-11-21(20)31(28,29)17-4-2/h7-8,10-15H,3-6,9,16-17H2,1-2H3,(H,24,26)(H,25,27). The van der Waals surface area contributed by atoms with E-state index in [2.05, 4.69) is 17.8 Å². The van der Waals surface area contributed by atoms with Crippen LogP contribution in [-0.4, -0.2) is 32.6 Å². The average molecular weight is 447 g/mol. The van der Waals surface area contributed by atoms with Crippen molar-refractivity contribution in [3.05, 3.63) is 59.7 Å². The van der Waals surface area contributed by atoms with Gasteiger partial charge < -0.3 is 4.74 Å². The highest BCUT2D eigenvalue weighted by molar-refractivity contribution is 7.91. The van der Waals surface area contributed by atoms with Crippen molar-refractivity contribution in [3.63, 3.8) is 0 Å². The Morgan fingerprint density at radius 1 is 0.839 bits per heavy atom. The number of sulfone groups is 1. The molecule has 2 rings (SSSR count). The molecule has 0 atom stereocenters. The summed E-state index contributed by atoms with van der Waals surface area (Å²) >= 11 is 0. The second-order valence-corrected chi connectivity index (χ2v) is 9.23. The fourth-order valence-corrected chi connectivity index (χ4v) is 4.52. The minimum atomic E-state index is -3.58. The number of unbranched alkanes of at least 4 members (excludes halogenated alkanes) is 3. The molecule has 0 spiro atoms. The highest BCUT2D eigenvalue weighted by Crippen LogP contribution is 2.18. The maximum absolute atomic E-state index is 12.5. The molecule has 31 heavy (non-hydrogen) atoms. The summed E-state index contributed by atoms with van der Waals surface area (Å²) in [7, 11) is -3.58. The number of nitrogens with one attached hydrogen (secondary N) is 2. The maximum Gasteiger partial charge on any atom is 0.271 e. The molecule has 2 aromatic carbocycles. The summed E-state index contributed by atoms with van der Waals surface area (Å²) < 4.78 is 30.4. The topological polar surface area (TPSA) is 102 Å². The van der Waals surface area contributed by atoms with Crippen molar-refractivity contribution in [2.45, 2.75) is 50.8 Å². The Balaban J connectivity index is 1.94. The Hall–Kier alpha value is -2.87. The molecule has 0 heterocycles. The van der Waals surface area contributed by atoms with E-state index in [4.69, 9.17) is 4.74 Å². The molecule has 0 saturated carbocycles. The van der Waals surface area contributed by atoms with Gasteiger partial charge >= 0.3 is 0 Å². The molecule has 2 N–H and O–H groups in total. The van der Waals surface area contributed by atoms with Crippen molar-refractivity contribution >= 4 is 21.7 Å². The van der Waals surface area contributed by atoms with Crippen LogP contribution in [0.25, 0.3) is 0 Å². The van der Waals surface area contributed by atoms with E-state index in [1.165, 1.54) is 25.0 Å². The van der Waals surface area contributed by atoms with Crippen molar-refractivity contribution in [2.75, 3.05) is 12.4 Å². The van der Waals surface area contributed by atoms with Crippen LogP contribution >= 0.6 is 0 Å². The monoisotopic (exact) mass is 446 g/mol. The molecule has 0 aromatic heterocycles. The third-order valence-electron chi connectivity index (χ3n) is 4.61. The van der Waals surface area contributed by atoms with Gasteiger partial charge in [0.25, 0.3) is 11.8 Å². The molecule has 0 saturated heterocycles. The summed E-state index contributed by atoms with van der Waals surface area (Å²) in [4.78, 5) is 24.8. The summed E-state index contributed by atoms with van der Waals surface area (Å²) in [6, 6.07) is 12.5. The molecule has 2 aromatic rings. The van der Waals surface area contributed by atoms with E-state index in [9.17, 15) is 18.0 Å². The normalized spacial score (nSPS) is 11.0. The Kier molecular flexibility index (Phi) is 9.52. The molecule has 0 unspecified atom stereocenters. The second kappa shape index (κ2) is 12.1. The van der Waals surface area contributed by atoms with Gasteiger partial charge in [-0.2, -0.15) is 0 Å². The van der Waals surface area contributed by atoms with Gasteiger partial charge in [-0.25, -0.2) is 8.42 Å². The zero-order chi connectivity index (χ0) is 22.7. The molecular weight excluding hydrogens is 416 g/mol. The Morgan fingerprint density at radius 2 is 1.52 bits per heavy atom. The minimum Gasteiger partial charge on any atom is -0.494 e. The fraction of sp³-hybridized carbons (Fsp3) is 0.391. The summed E-state index contributed by atoms with van der Waals surface area (Å²) in [5.74, 6) is -0.601. The second-order valence-electron chi connectivity index (χ2n) is 7.16. The lowest BCUT2D eigenvalue weighted by Crippen LogP contribution is -2.42. The number of benzene rings is 2. The fourth-order valence-electron chi connectivity index (χ4n) is 2.98. The van der Waals surface area contributed by atoms with Crippen molar-refractivity contribution < 1.29 is 22.7 Å². The van der Waals surface area contributed by atoms with Crippen LogP contribution in [-0.2, 0) is 9.84 Å². The van der Waals surface area contributed by atoms with Crippen molar-refractivity contribution in [2.24, 2.45) is 0 Å². The molecule has 0 radical (unpaired) electrons. The lowest BCUT2D eigenvalue weighted by atomic mass is 10.2. The number of hydrogen-bond acceptors (Lipinski definition) is 5. The number of rotatable bonds is 11. The van der Waals surface area contributed by atoms with Gasteiger partial charge in [0.2, 0.25) is 0 Å². The SMILES string of the molecule is CCCCCCOc1ccc(C(=O)NNC(=O)c2ccccc2S(=O)(=O)CCC)cc1. The molecule has 0 aliphatic rings. The third-order valence-corrected chi connectivity index (χ3v) is 6.58. The number of carbonyl (C=O) groups is 2.